The van der Waals surface area contributed by atoms with E-state index in [4.69, 9.17) is 9.72 Å². The molecule has 0 spiro atoms. The Kier molecular flexibility index (Phi) is 10.3. The second-order valence-corrected chi connectivity index (χ2v) is 16.1. The quantitative estimate of drug-likeness (QED) is 0.149. The van der Waals surface area contributed by atoms with Crippen LogP contribution in [0.25, 0.3) is 49.9 Å². The molecule has 1 aliphatic rings. The van der Waals surface area contributed by atoms with E-state index in [0.29, 0.717) is 22.6 Å². The zero-order valence-corrected chi connectivity index (χ0v) is 36.1. The Hall–Kier alpha value is -6.56. The number of nitrogens with zero attached hydrogens (tertiary/aromatic N) is 4. The van der Waals surface area contributed by atoms with Gasteiger partial charge < -0.3 is 19.1 Å². The predicted octanol–water partition coefficient (Wildman–Crippen LogP) is 14.2. The molecule has 0 atom stereocenters. The van der Waals surface area contributed by atoms with Crippen LogP contribution >= 0.6 is 0 Å². The number of halogens is 2. The van der Waals surface area contributed by atoms with Crippen LogP contribution in [0.4, 0.5) is 31.5 Å². The summed E-state index contributed by atoms with van der Waals surface area (Å²) in [5.74, 6) is 0.593. The van der Waals surface area contributed by atoms with Crippen molar-refractivity contribution in [2.24, 2.45) is 0 Å². The van der Waals surface area contributed by atoms with Crippen molar-refractivity contribution in [3.8, 4) is 39.6 Å². The van der Waals surface area contributed by atoms with Crippen molar-refractivity contribution in [1.82, 2.24) is 9.55 Å². The van der Waals surface area contributed by atoms with Gasteiger partial charge in [0.1, 0.15) is 17.5 Å². The van der Waals surface area contributed by atoms with Gasteiger partial charge >= 0.3 is 0 Å². The second kappa shape index (κ2) is 15.8. The van der Waals surface area contributed by atoms with E-state index in [0.717, 1.165) is 73.1 Å². The van der Waals surface area contributed by atoms with E-state index in [9.17, 15) is 8.78 Å². The number of hydrogen-bond donors (Lipinski definition) is 0. The van der Waals surface area contributed by atoms with Crippen LogP contribution in [-0.2, 0) is 26.5 Å². The topological polar surface area (TPSA) is 33.5 Å². The summed E-state index contributed by atoms with van der Waals surface area (Å²) >= 11 is 0. The second-order valence-electron chi connectivity index (χ2n) is 16.1. The van der Waals surface area contributed by atoms with Gasteiger partial charge in [0, 0.05) is 73.0 Å². The first kappa shape index (κ1) is 39.9. The number of aryl methyl sites for hydroxylation is 1. The Labute approximate surface area is 368 Å². The first-order valence-electron chi connectivity index (χ1n) is 19.9. The van der Waals surface area contributed by atoms with E-state index in [1.54, 1.807) is 0 Å². The fourth-order valence-electron chi connectivity index (χ4n) is 8.20. The largest absolute Gasteiger partial charge is 0.509 e. The average molecular weight is 981 g/mol. The average Bonchev–Trinajstić information content (AvgIpc) is 3.79. The number of aromatic nitrogens is 2. The summed E-state index contributed by atoms with van der Waals surface area (Å²) in [5.41, 5.74) is 10.6. The maximum Gasteiger partial charge on any atom is 0.135 e. The molecule has 304 valence electrons. The molecule has 0 amide bonds. The third-order valence-corrected chi connectivity index (χ3v) is 11.1. The summed E-state index contributed by atoms with van der Waals surface area (Å²) in [4.78, 5) is 8.97. The Morgan fingerprint density at radius 3 is 2.02 bits per heavy atom. The molecule has 9 aromatic rings. The molecule has 0 bridgehead atoms. The van der Waals surface area contributed by atoms with Crippen LogP contribution in [0.3, 0.4) is 0 Å². The minimum absolute atomic E-state index is 0. The van der Waals surface area contributed by atoms with Gasteiger partial charge in [0.2, 0.25) is 0 Å². The van der Waals surface area contributed by atoms with Gasteiger partial charge in [-0.1, -0.05) is 99.1 Å². The number of ether oxygens (including phenoxy) is 1. The molecule has 0 saturated carbocycles. The summed E-state index contributed by atoms with van der Waals surface area (Å²) in [6.45, 7) is 10.7. The number of fused-ring (bicyclic) bond motifs is 4. The Balaban J connectivity index is 0.00000476. The smallest absolute Gasteiger partial charge is 0.135 e. The van der Waals surface area contributed by atoms with Gasteiger partial charge in [0.25, 0.3) is 0 Å². The summed E-state index contributed by atoms with van der Waals surface area (Å²) < 4.78 is 38.0. The summed E-state index contributed by atoms with van der Waals surface area (Å²) in [6, 6.07) is 55.5. The zero-order valence-electron chi connectivity index (χ0n) is 33.9. The number of rotatable bonds is 7. The van der Waals surface area contributed by atoms with E-state index in [1.807, 2.05) is 96.6 Å². The molecular formula is C53H39F2N4OPt-3. The molecule has 61 heavy (non-hydrogen) atoms. The monoisotopic (exact) mass is 980 g/mol. The van der Waals surface area contributed by atoms with Crippen molar-refractivity contribution < 1.29 is 34.6 Å². The zero-order chi connectivity index (χ0) is 41.1. The van der Waals surface area contributed by atoms with Gasteiger partial charge in [-0.15, -0.1) is 53.6 Å². The van der Waals surface area contributed by atoms with Crippen molar-refractivity contribution in [3.05, 3.63) is 199 Å². The van der Waals surface area contributed by atoms with Crippen LogP contribution in [0.15, 0.2) is 158 Å². The summed E-state index contributed by atoms with van der Waals surface area (Å²) in [5, 5.41) is 2.15. The molecule has 0 saturated heterocycles. The fraction of sp³-hybridized carbons (Fsp3) is 0.0943. The minimum atomic E-state index is -0.633. The van der Waals surface area contributed by atoms with Gasteiger partial charge in [-0.3, -0.25) is 0 Å². The minimum Gasteiger partial charge on any atom is -0.509 e. The predicted molar refractivity (Wildman–Crippen MR) is 238 cm³/mol. The number of para-hydroxylation sites is 4. The van der Waals surface area contributed by atoms with E-state index in [1.165, 1.54) is 17.7 Å². The normalized spacial score (nSPS) is 12.5. The van der Waals surface area contributed by atoms with Crippen molar-refractivity contribution in [3.63, 3.8) is 0 Å². The Morgan fingerprint density at radius 2 is 1.26 bits per heavy atom. The fourth-order valence-corrected chi connectivity index (χ4v) is 8.20. The third-order valence-electron chi connectivity index (χ3n) is 11.1. The van der Waals surface area contributed by atoms with Crippen LogP contribution in [0.5, 0.6) is 11.5 Å². The molecule has 5 nitrogen and oxygen atoms in total. The number of pyridine rings is 1. The van der Waals surface area contributed by atoms with Gasteiger partial charge in [-0.25, -0.2) is 13.8 Å². The number of benzene rings is 7. The molecule has 0 fully saturated rings. The molecule has 7 aromatic carbocycles. The Morgan fingerprint density at radius 1 is 0.607 bits per heavy atom. The van der Waals surface area contributed by atoms with E-state index in [-0.39, 0.29) is 26.5 Å². The third kappa shape index (κ3) is 7.38. The SMILES string of the molecule is Cc1ccccc1-c1cc(Oc2[c-]c3c(cc2)c2ccccc2n3-c2cc(C(C)(C)C)ccn2)[c-]c(N2[CH-]N(c3ccccc3-c3cc(F)cc(F)c3)c3ccccc32)c1.[Pt]. The molecular weight excluding hydrogens is 942 g/mol. The van der Waals surface area contributed by atoms with Gasteiger partial charge in [0.15, 0.2) is 0 Å². The molecule has 0 aliphatic carbocycles. The van der Waals surface area contributed by atoms with Crippen LogP contribution in [0.1, 0.15) is 31.9 Å². The molecule has 8 heteroatoms. The van der Waals surface area contributed by atoms with Crippen molar-refractivity contribution >= 4 is 44.6 Å². The summed E-state index contributed by atoms with van der Waals surface area (Å²) in [7, 11) is 0. The molecule has 2 aromatic heterocycles. The first-order chi connectivity index (χ1) is 29.1. The van der Waals surface area contributed by atoms with Gasteiger partial charge in [0.05, 0.1) is 0 Å². The van der Waals surface area contributed by atoms with Crippen LogP contribution in [-0.4, -0.2) is 9.55 Å². The van der Waals surface area contributed by atoms with E-state index < -0.39 is 11.6 Å². The molecule has 0 radical (unpaired) electrons. The molecule has 3 heterocycles. The maximum atomic E-state index is 14.5. The maximum absolute atomic E-state index is 14.5. The van der Waals surface area contributed by atoms with Crippen LogP contribution in [0, 0.1) is 37.4 Å². The number of anilines is 4. The van der Waals surface area contributed by atoms with Crippen molar-refractivity contribution in [2.75, 3.05) is 9.80 Å². The standard InChI is InChI=1S/C53H39F2N4O.Pt/c1-34-13-5-6-14-43(34)36-27-40(57-33-58(50-20-12-11-19-49(50)57)47-17-9-7-15-44(47)35-25-38(54)30-39(55)26-35)31-42(28-36)60-41-21-22-46-45-16-8-10-18-48(45)59(51(46)32-41)52-29-37(23-24-56-52)53(2,3)4;/h5-30,33H,1-4H3;/q-3;. The van der Waals surface area contributed by atoms with Crippen LogP contribution in [0.2, 0.25) is 0 Å². The van der Waals surface area contributed by atoms with Crippen LogP contribution < -0.4 is 14.5 Å². The van der Waals surface area contributed by atoms with E-state index in [2.05, 4.69) is 104 Å². The van der Waals surface area contributed by atoms with Crippen molar-refractivity contribution in [2.45, 2.75) is 33.1 Å². The molecule has 1 aliphatic heterocycles. The molecule has 0 N–H and O–H groups in total. The summed E-state index contributed by atoms with van der Waals surface area (Å²) in [6.07, 6.45) is 1.87. The number of hydrogen-bond acceptors (Lipinski definition) is 4. The molecule has 0 unspecified atom stereocenters. The first-order valence-corrected chi connectivity index (χ1v) is 19.9. The van der Waals surface area contributed by atoms with Gasteiger partial charge in [-0.2, -0.15) is 6.07 Å². The van der Waals surface area contributed by atoms with E-state index >= 15 is 0 Å². The van der Waals surface area contributed by atoms with Gasteiger partial charge in [-0.05, 0) is 88.5 Å². The Bertz CT molecular complexity index is 3100. The molecule has 10 rings (SSSR count). The van der Waals surface area contributed by atoms with Crippen molar-refractivity contribution in [1.29, 1.82) is 0 Å².